The van der Waals surface area contributed by atoms with Gasteiger partial charge in [-0.1, -0.05) is 31.2 Å². The van der Waals surface area contributed by atoms with Gasteiger partial charge in [-0.25, -0.2) is 15.0 Å². The molecule has 1 aromatic carbocycles. The minimum absolute atomic E-state index is 0.114. The summed E-state index contributed by atoms with van der Waals surface area (Å²) < 4.78 is 0. The van der Waals surface area contributed by atoms with Crippen LogP contribution in [0.5, 0.6) is 0 Å². The number of carbonyl (C=O) groups is 2. The van der Waals surface area contributed by atoms with E-state index in [1.165, 1.54) is 17.9 Å². The third-order valence-corrected chi connectivity index (χ3v) is 5.72. The largest absolute Gasteiger partial charge is 0.357 e. The summed E-state index contributed by atoms with van der Waals surface area (Å²) in [6.07, 6.45) is 4.18. The van der Waals surface area contributed by atoms with E-state index in [0.717, 1.165) is 30.4 Å². The molecule has 0 saturated carbocycles. The monoisotopic (exact) mass is 420 g/mol. The summed E-state index contributed by atoms with van der Waals surface area (Å²) in [5, 5.41) is 4.22. The highest BCUT2D eigenvalue weighted by atomic mass is 16.2. The molecule has 162 valence electrons. The second-order valence-corrected chi connectivity index (χ2v) is 8.15. The summed E-state index contributed by atoms with van der Waals surface area (Å²) in [5.74, 6) is 1.29. The highest BCUT2D eigenvalue weighted by Gasteiger charge is 2.30. The molecule has 3 heterocycles. The molecule has 1 saturated heterocycles. The summed E-state index contributed by atoms with van der Waals surface area (Å²) in [4.78, 5) is 36.2. The predicted molar refractivity (Wildman–Crippen MR) is 121 cm³/mol. The van der Waals surface area contributed by atoms with Gasteiger partial charge in [-0.2, -0.15) is 0 Å². The Bertz CT molecular complexity index is 952. The lowest BCUT2D eigenvalue weighted by molar-refractivity contribution is -0.120. The zero-order valence-corrected chi connectivity index (χ0v) is 17.9. The van der Waals surface area contributed by atoms with E-state index in [2.05, 4.69) is 32.5 Å². The number of anilines is 2. The smallest absolute Gasteiger partial charge is 0.288 e. The standard InChI is InChI=1S/C23H28N6O2/c1-16-10-12-28(13-11-16)20-9-8-18(14-24-20)15-25-22(30)21-26-17(2)23(31)29(27-21)19-6-4-3-5-7-19/h3-9,14,16-17H,10-13,15H2,1-2H3,(H,25,30)(H,26,27). The molecule has 1 aromatic heterocycles. The third kappa shape index (κ3) is 4.84. The molecule has 2 aliphatic heterocycles. The third-order valence-electron chi connectivity index (χ3n) is 5.72. The molecule has 1 atom stereocenters. The molecule has 0 bridgehead atoms. The number of carbonyl (C=O) groups excluding carboxylic acids is 2. The van der Waals surface area contributed by atoms with Gasteiger partial charge in [0.05, 0.1) is 5.69 Å². The van der Waals surface area contributed by atoms with Crippen LogP contribution in [-0.4, -0.2) is 41.8 Å². The fraction of sp³-hybridized carbons (Fsp3) is 0.391. The van der Waals surface area contributed by atoms with Crippen molar-refractivity contribution >= 4 is 29.2 Å². The van der Waals surface area contributed by atoms with Crippen molar-refractivity contribution in [1.82, 2.24) is 15.7 Å². The number of nitrogens with one attached hydrogen (secondary N) is 2. The molecule has 8 heteroatoms. The van der Waals surface area contributed by atoms with Crippen LogP contribution >= 0.6 is 0 Å². The van der Waals surface area contributed by atoms with Gasteiger partial charge in [0.1, 0.15) is 11.9 Å². The number of benzene rings is 1. The van der Waals surface area contributed by atoms with E-state index in [9.17, 15) is 9.59 Å². The Morgan fingerprint density at radius 1 is 1.13 bits per heavy atom. The number of hydrogen-bond acceptors (Lipinski definition) is 6. The summed E-state index contributed by atoms with van der Waals surface area (Å²) in [7, 11) is 0. The molecular weight excluding hydrogens is 392 g/mol. The fourth-order valence-electron chi connectivity index (χ4n) is 3.72. The lowest BCUT2D eigenvalue weighted by Crippen LogP contribution is -2.57. The number of amidine groups is 1. The normalized spacial score (nSPS) is 19.6. The number of aromatic nitrogens is 1. The van der Waals surface area contributed by atoms with Gasteiger partial charge in [-0.15, -0.1) is 0 Å². The van der Waals surface area contributed by atoms with Crippen molar-refractivity contribution in [3.05, 3.63) is 54.2 Å². The van der Waals surface area contributed by atoms with Crippen molar-refractivity contribution in [3.63, 3.8) is 0 Å². The maximum absolute atomic E-state index is 12.7. The molecule has 8 nitrogen and oxygen atoms in total. The van der Waals surface area contributed by atoms with Gasteiger partial charge in [0.2, 0.25) is 5.84 Å². The first-order valence-corrected chi connectivity index (χ1v) is 10.7. The number of nitrogens with zero attached hydrogens (tertiary/aromatic N) is 4. The summed E-state index contributed by atoms with van der Waals surface area (Å²) in [6, 6.07) is 12.5. The number of aliphatic imine (C=N–C) groups is 1. The van der Waals surface area contributed by atoms with Crippen molar-refractivity contribution in [3.8, 4) is 0 Å². The van der Waals surface area contributed by atoms with E-state index in [0.29, 0.717) is 12.2 Å². The van der Waals surface area contributed by atoms with Crippen molar-refractivity contribution in [1.29, 1.82) is 0 Å². The molecule has 2 aromatic rings. The first-order chi connectivity index (χ1) is 15.0. The average molecular weight is 421 g/mol. The maximum Gasteiger partial charge on any atom is 0.288 e. The quantitative estimate of drug-likeness (QED) is 0.775. The summed E-state index contributed by atoms with van der Waals surface area (Å²) in [6.45, 7) is 6.36. The minimum atomic E-state index is -0.643. The van der Waals surface area contributed by atoms with Gasteiger partial charge >= 0.3 is 0 Å². The zero-order valence-electron chi connectivity index (χ0n) is 17.9. The Kier molecular flexibility index (Phi) is 6.16. The molecule has 1 unspecified atom stereocenters. The molecule has 1 fully saturated rings. The van der Waals surface area contributed by atoms with E-state index >= 15 is 0 Å². The van der Waals surface area contributed by atoms with Crippen LogP contribution in [0, 0.1) is 5.92 Å². The molecule has 2 amide bonds. The Labute approximate surface area is 182 Å². The van der Waals surface area contributed by atoms with E-state index in [-0.39, 0.29) is 17.6 Å². The number of rotatable bonds is 5. The molecule has 2 aliphatic rings. The van der Waals surface area contributed by atoms with E-state index < -0.39 is 6.04 Å². The number of amides is 2. The molecule has 4 rings (SSSR count). The molecule has 0 radical (unpaired) electrons. The first-order valence-electron chi connectivity index (χ1n) is 10.7. The molecule has 31 heavy (non-hydrogen) atoms. The van der Waals surface area contributed by atoms with Crippen LogP contribution in [0.1, 0.15) is 32.3 Å². The maximum atomic E-state index is 12.7. The van der Waals surface area contributed by atoms with Crippen LogP contribution in [0.4, 0.5) is 11.5 Å². The van der Waals surface area contributed by atoms with Gasteiger partial charge in [0.15, 0.2) is 0 Å². The number of para-hydroxylation sites is 1. The minimum Gasteiger partial charge on any atom is -0.357 e. The van der Waals surface area contributed by atoms with E-state index in [1.807, 2.05) is 30.3 Å². The number of hydrogen-bond donors (Lipinski definition) is 2. The van der Waals surface area contributed by atoms with Gasteiger partial charge in [-0.3, -0.25) is 15.0 Å². The zero-order chi connectivity index (χ0) is 21.8. The number of hydrazine groups is 1. The lowest BCUT2D eigenvalue weighted by Gasteiger charge is -2.31. The second-order valence-electron chi connectivity index (χ2n) is 8.15. The molecule has 2 N–H and O–H groups in total. The van der Waals surface area contributed by atoms with Crippen LogP contribution in [0.3, 0.4) is 0 Å². The topological polar surface area (TPSA) is 89.9 Å². The van der Waals surface area contributed by atoms with Crippen LogP contribution in [-0.2, 0) is 16.1 Å². The molecule has 0 spiro atoms. The van der Waals surface area contributed by atoms with Crippen molar-refractivity contribution < 1.29 is 9.59 Å². The van der Waals surface area contributed by atoms with Crippen LogP contribution in [0.25, 0.3) is 0 Å². The second kappa shape index (κ2) is 9.16. The van der Waals surface area contributed by atoms with Gasteiger partial charge in [-0.05, 0) is 49.4 Å². The summed E-state index contributed by atoms with van der Waals surface area (Å²) >= 11 is 0. The molecule has 0 aliphatic carbocycles. The highest BCUT2D eigenvalue weighted by molar-refractivity contribution is 6.39. The van der Waals surface area contributed by atoms with Crippen molar-refractivity contribution in [2.45, 2.75) is 39.3 Å². The fourth-order valence-corrected chi connectivity index (χ4v) is 3.72. The number of pyridine rings is 1. The SMILES string of the molecule is CC1CCN(c2ccc(CNC(=O)C3=NC(C)C(=O)N(c4ccccc4)N3)cn2)CC1. The number of piperidine rings is 1. The van der Waals surface area contributed by atoms with Crippen LogP contribution in [0.2, 0.25) is 0 Å². The van der Waals surface area contributed by atoms with Crippen LogP contribution < -0.4 is 20.7 Å². The van der Waals surface area contributed by atoms with Gasteiger partial charge in [0, 0.05) is 25.8 Å². The van der Waals surface area contributed by atoms with Crippen molar-refractivity contribution in [2.24, 2.45) is 10.9 Å². The Hall–Kier alpha value is -3.42. The van der Waals surface area contributed by atoms with Gasteiger partial charge in [0.25, 0.3) is 11.8 Å². The van der Waals surface area contributed by atoms with E-state index in [1.54, 1.807) is 25.3 Å². The average Bonchev–Trinajstić information content (AvgIpc) is 2.80. The van der Waals surface area contributed by atoms with Gasteiger partial charge < -0.3 is 10.2 Å². The van der Waals surface area contributed by atoms with E-state index in [4.69, 9.17) is 0 Å². The Morgan fingerprint density at radius 2 is 1.87 bits per heavy atom. The molecular formula is C23H28N6O2. The van der Waals surface area contributed by atoms with Crippen LogP contribution in [0.15, 0.2) is 53.7 Å². The Morgan fingerprint density at radius 3 is 2.55 bits per heavy atom. The van der Waals surface area contributed by atoms with Crippen molar-refractivity contribution in [2.75, 3.05) is 23.0 Å². The highest BCUT2D eigenvalue weighted by Crippen LogP contribution is 2.21. The Balaban J connectivity index is 1.36. The summed E-state index contributed by atoms with van der Waals surface area (Å²) in [5.41, 5.74) is 4.41. The predicted octanol–water partition coefficient (Wildman–Crippen LogP) is 2.27. The first kappa shape index (κ1) is 20.8. The lowest BCUT2D eigenvalue weighted by atomic mass is 9.99.